The molecule has 3 aromatic rings. The first-order chi connectivity index (χ1) is 12.0. The summed E-state index contributed by atoms with van der Waals surface area (Å²) in [6, 6.07) is 1.90. The molecular weight excluding hydrogens is 338 g/mol. The van der Waals surface area contributed by atoms with Crippen molar-refractivity contribution in [3.05, 3.63) is 44.6 Å². The molecule has 0 spiro atoms. The zero-order valence-corrected chi connectivity index (χ0v) is 15.3. The van der Waals surface area contributed by atoms with Gasteiger partial charge in [-0.3, -0.25) is 18.8 Å². The first-order valence-corrected chi connectivity index (χ1v) is 9.05. The third-order valence-corrected chi connectivity index (χ3v) is 5.75. The molecule has 1 amide bonds. The highest BCUT2D eigenvalue weighted by atomic mass is 32.1. The third-order valence-electron chi connectivity index (χ3n) is 4.81. The SMILES string of the molecule is Cc1cc2c(=O)n3c(nc2s1)CCN(C(=O)c1cnn(C)c1C)CC3. The maximum atomic E-state index is 12.8. The summed E-state index contributed by atoms with van der Waals surface area (Å²) in [5.74, 6) is 0.724. The van der Waals surface area contributed by atoms with E-state index in [4.69, 9.17) is 0 Å². The highest BCUT2D eigenvalue weighted by molar-refractivity contribution is 7.18. The van der Waals surface area contributed by atoms with E-state index in [1.165, 1.54) is 11.3 Å². The Balaban J connectivity index is 1.66. The first-order valence-electron chi connectivity index (χ1n) is 8.23. The van der Waals surface area contributed by atoms with Gasteiger partial charge < -0.3 is 4.90 Å². The zero-order chi connectivity index (χ0) is 17.7. The quantitative estimate of drug-likeness (QED) is 0.662. The molecule has 0 saturated carbocycles. The van der Waals surface area contributed by atoms with Gasteiger partial charge in [-0.2, -0.15) is 5.10 Å². The van der Waals surface area contributed by atoms with Gasteiger partial charge in [0.15, 0.2) is 0 Å². The van der Waals surface area contributed by atoms with Crippen molar-refractivity contribution < 1.29 is 4.79 Å². The van der Waals surface area contributed by atoms with E-state index in [1.807, 2.05) is 27.0 Å². The summed E-state index contributed by atoms with van der Waals surface area (Å²) in [5, 5.41) is 4.83. The molecule has 7 nitrogen and oxygen atoms in total. The summed E-state index contributed by atoms with van der Waals surface area (Å²) < 4.78 is 3.42. The lowest BCUT2D eigenvalue weighted by molar-refractivity contribution is 0.0758. The van der Waals surface area contributed by atoms with E-state index in [2.05, 4.69) is 10.1 Å². The van der Waals surface area contributed by atoms with Crippen molar-refractivity contribution in [1.29, 1.82) is 0 Å². The Kier molecular flexibility index (Phi) is 3.72. The zero-order valence-electron chi connectivity index (χ0n) is 14.4. The summed E-state index contributed by atoms with van der Waals surface area (Å²) in [6.07, 6.45) is 2.19. The van der Waals surface area contributed by atoms with E-state index >= 15 is 0 Å². The number of carbonyl (C=O) groups is 1. The Bertz CT molecular complexity index is 1050. The fourth-order valence-electron chi connectivity index (χ4n) is 3.25. The molecule has 0 saturated heterocycles. The van der Waals surface area contributed by atoms with Crippen LogP contribution in [0, 0.1) is 13.8 Å². The maximum absolute atomic E-state index is 12.8. The van der Waals surface area contributed by atoms with Crippen LogP contribution in [0.2, 0.25) is 0 Å². The monoisotopic (exact) mass is 357 g/mol. The van der Waals surface area contributed by atoms with Crippen LogP contribution in [-0.4, -0.2) is 43.2 Å². The Hall–Kier alpha value is -2.48. The van der Waals surface area contributed by atoms with Crippen LogP contribution in [0.3, 0.4) is 0 Å². The molecule has 0 atom stereocenters. The van der Waals surface area contributed by atoms with Crippen molar-refractivity contribution in [2.45, 2.75) is 26.8 Å². The Morgan fingerprint density at radius 2 is 2.04 bits per heavy atom. The number of hydrogen-bond acceptors (Lipinski definition) is 5. The number of amides is 1. The van der Waals surface area contributed by atoms with Crippen LogP contribution in [0.25, 0.3) is 10.2 Å². The topological polar surface area (TPSA) is 73.0 Å². The lowest BCUT2D eigenvalue weighted by Crippen LogP contribution is -2.34. The van der Waals surface area contributed by atoms with Gasteiger partial charge in [0.25, 0.3) is 11.5 Å². The number of carbonyl (C=O) groups excluding carboxylic acids is 1. The molecule has 4 rings (SSSR count). The fourth-order valence-corrected chi connectivity index (χ4v) is 4.14. The van der Waals surface area contributed by atoms with E-state index in [-0.39, 0.29) is 11.5 Å². The smallest absolute Gasteiger partial charge is 0.262 e. The Morgan fingerprint density at radius 3 is 2.76 bits per heavy atom. The molecule has 0 aliphatic carbocycles. The number of thiophene rings is 1. The van der Waals surface area contributed by atoms with E-state index in [0.29, 0.717) is 37.0 Å². The molecule has 0 aromatic carbocycles. The Labute approximate surface area is 148 Å². The second kappa shape index (κ2) is 5.80. The van der Waals surface area contributed by atoms with Crippen LogP contribution >= 0.6 is 11.3 Å². The van der Waals surface area contributed by atoms with E-state index in [0.717, 1.165) is 21.2 Å². The van der Waals surface area contributed by atoms with Crippen molar-refractivity contribution in [2.24, 2.45) is 7.05 Å². The molecule has 0 radical (unpaired) electrons. The molecular formula is C17H19N5O2S. The van der Waals surface area contributed by atoms with Gasteiger partial charge in [0, 0.05) is 43.7 Å². The average Bonchev–Trinajstić information content (AvgIpc) is 3.02. The standard InChI is InChI=1S/C17H19N5O2S/c1-10-8-12-15(25-10)19-14-4-5-21(6-7-22(14)17(12)24)16(23)13-9-18-20(3)11(13)2/h8-9H,4-7H2,1-3H3. The average molecular weight is 357 g/mol. The molecule has 0 unspecified atom stereocenters. The summed E-state index contributed by atoms with van der Waals surface area (Å²) in [4.78, 5) is 33.9. The predicted octanol–water partition coefficient (Wildman–Crippen LogP) is 1.51. The number of fused-ring (bicyclic) bond motifs is 2. The number of nitrogens with zero attached hydrogens (tertiary/aromatic N) is 5. The van der Waals surface area contributed by atoms with Gasteiger partial charge in [-0.05, 0) is 19.9 Å². The lowest BCUT2D eigenvalue weighted by atomic mass is 10.2. The van der Waals surface area contributed by atoms with Gasteiger partial charge in [0.2, 0.25) is 0 Å². The van der Waals surface area contributed by atoms with E-state index in [9.17, 15) is 9.59 Å². The van der Waals surface area contributed by atoms with Crippen LogP contribution < -0.4 is 5.56 Å². The van der Waals surface area contributed by atoms with Crippen molar-refractivity contribution in [3.8, 4) is 0 Å². The van der Waals surface area contributed by atoms with Gasteiger partial charge >= 0.3 is 0 Å². The molecule has 130 valence electrons. The summed E-state index contributed by atoms with van der Waals surface area (Å²) >= 11 is 1.54. The molecule has 8 heteroatoms. The largest absolute Gasteiger partial charge is 0.336 e. The number of aryl methyl sites for hydroxylation is 2. The van der Waals surface area contributed by atoms with Gasteiger partial charge in [-0.25, -0.2) is 4.98 Å². The lowest BCUT2D eigenvalue weighted by Gasteiger charge is -2.19. The van der Waals surface area contributed by atoms with Gasteiger partial charge in [0.1, 0.15) is 10.7 Å². The van der Waals surface area contributed by atoms with Crippen molar-refractivity contribution >= 4 is 27.5 Å². The molecule has 1 aliphatic heterocycles. The van der Waals surface area contributed by atoms with Gasteiger partial charge in [-0.1, -0.05) is 0 Å². The summed E-state index contributed by atoms with van der Waals surface area (Å²) in [7, 11) is 1.82. The minimum Gasteiger partial charge on any atom is -0.336 e. The highest BCUT2D eigenvalue weighted by Gasteiger charge is 2.24. The first kappa shape index (κ1) is 16.0. The summed E-state index contributed by atoms with van der Waals surface area (Å²) in [6.45, 7) is 5.39. The number of rotatable bonds is 1. The van der Waals surface area contributed by atoms with Crippen molar-refractivity contribution in [1.82, 2.24) is 24.2 Å². The summed E-state index contributed by atoms with van der Waals surface area (Å²) in [5.41, 5.74) is 1.46. The normalized spacial score (nSPS) is 14.6. The maximum Gasteiger partial charge on any atom is 0.262 e. The van der Waals surface area contributed by atoms with Crippen LogP contribution in [-0.2, 0) is 20.0 Å². The van der Waals surface area contributed by atoms with Crippen LogP contribution in [0.5, 0.6) is 0 Å². The molecule has 3 aromatic heterocycles. The fraction of sp³-hybridized carbons (Fsp3) is 0.412. The van der Waals surface area contributed by atoms with Gasteiger partial charge in [-0.15, -0.1) is 11.3 Å². The minimum atomic E-state index is -0.0379. The van der Waals surface area contributed by atoms with Crippen LogP contribution in [0.15, 0.2) is 17.1 Å². The van der Waals surface area contributed by atoms with Crippen molar-refractivity contribution in [2.75, 3.05) is 13.1 Å². The second-order valence-corrected chi connectivity index (χ2v) is 7.60. The molecule has 0 bridgehead atoms. The third kappa shape index (κ3) is 2.57. The minimum absolute atomic E-state index is 0.00351. The van der Waals surface area contributed by atoms with Crippen LogP contribution in [0.1, 0.15) is 26.8 Å². The molecule has 4 heterocycles. The predicted molar refractivity (Wildman–Crippen MR) is 96.2 cm³/mol. The van der Waals surface area contributed by atoms with Gasteiger partial charge in [0.05, 0.1) is 17.1 Å². The number of hydrogen-bond donors (Lipinski definition) is 0. The molecule has 0 fully saturated rings. The molecule has 0 N–H and O–H groups in total. The van der Waals surface area contributed by atoms with Crippen molar-refractivity contribution in [3.63, 3.8) is 0 Å². The van der Waals surface area contributed by atoms with E-state index < -0.39 is 0 Å². The molecule has 25 heavy (non-hydrogen) atoms. The van der Waals surface area contributed by atoms with E-state index in [1.54, 1.807) is 20.3 Å². The van der Waals surface area contributed by atoms with Crippen LogP contribution in [0.4, 0.5) is 0 Å². The number of aromatic nitrogens is 4. The second-order valence-electron chi connectivity index (χ2n) is 6.37. The molecule has 1 aliphatic rings. The highest BCUT2D eigenvalue weighted by Crippen LogP contribution is 2.21. The Morgan fingerprint density at radius 1 is 1.24 bits per heavy atom.